The molecule has 2 rings (SSSR count). The number of benzene rings is 2. The number of halogens is 3. The van der Waals surface area contributed by atoms with Crippen LogP contribution in [0.5, 0.6) is 5.75 Å². The van der Waals surface area contributed by atoms with Gasteiger partial charge in [-0.15, -0.1) is 0 Å². The van der Waals surface area contributed by atoms with E-state index in [-0.39, 0.29) is 6.10 Å². The van der Waals surface area contributed by atoms with E-state index in [2.05, 4.69) is 5.32 Å². The fourth-order valence-corrected chi connectivity index (χ4v) is 2.58. The average molecular weight is 345 g/mol. The van der Waals surface area contributed by atoms with Crippen LogP contribution < -0.4 is 10.1 Å². The van der Waals surface area contributed by atoms with Crippen LogP contribution in [0.15, 0.2) is 36.4 Å². The molecule has 0 spiro atoms. The van der Waals surface area contributed by atoms with Gasteiger partial charge in [0.15, 0.2) is 0 Å². The summed E-state index contributed by atoms with van der Waals surface area (Å²) in [6.45, 7) is 4.48. The molecule has 0 aromatic heterocycles. The zero-order valence-corrected chi connectivity index (χ0v) is 14.1. The van der Waals surface area contributed by atoms with Crippen LogP contribution in [0.1, 0.15) is 19.4 Å². The number of anilines is 1. The molecule has 2 aromatic rings. The number of hydrogen-bond acceptors (Lipinski definition) is 2. The van der Waals surface area contributed by atoms with Crippen molar-refractivity contribution >= 4 is 40.5 Å². The Morgan fingerprint density at radius 1 is 1.00 bits per heavy atom. The number of hydrogen-bond donors (Lipinski definition) is 1. The summed E-state index contributed by atoms with van der Waals surface area (Å²) < 4.78 is 5.79. The zero-order chi connectivity index (χ0) is 15.4. The molecule has 1 N–H and O–H groups in total. The van der Waals surface area contributed by atoms with E-state index >= 15 is 0 Å². The molecule has 0 radical (unpaired) electrons. The minimum absolute atomic E-state index is 0.0398. The minimum atomic E-state index is 0.0398. The molecule has 0 aliphatic heterocycles. The van der Waals surface area contributed by atoms with Gasteiger partial charge in [-0.25, -0.2) is 0 Å². The summed E-state index contributed by atoms with van der Waals surface area (Å²) in [7, 11) is 0. The molecule has 0 fully saturated rings. The second-order valence-electron chi connectivity index (χ2n) is 4.90. The molecule has 2 aromatic carbocycles. The number of rotatable bonds is 5. The maximum Gasteiger partial charge on any atom is 0.143 e. The van der Waals surface area contributed by atoms with Gasteiger partial charge in [0, 0.05) is 27.8 Å². The zero-order valence-electron chi connectivity index (χ0n) is 11.8. The third kappa shape index (κ3) is 4.70. The Bertz CT molecular complexity index is 612. The van der Waals surface area contributed by atoms with Crippen LogP contribution >= 0.6 is 34.8 Å². The van der Waals surface area contributed by atoms with Crippen molar-refractivity contribution < 1.29 is 4.74 Å². The predicted octanol–water partition coefficient (Wildman–Crippen LogP) is 6.05. The van der Waals surface area contributed by atoms with Crippen LogP contribution in [0.3, 0.4) is 0 Å². The Morgan fingerprint density at radius 3 is 2.29 bits per heavy atom. The van der Waals surface area contributed by atoms with Crippen molar-refractivity contribution in [2.24, 2.45) is 0 Å². The lowest BCUT2D eigenvalue weighted by Gasteiger charge is -2.17. The molecular formula is C16H16Cl3NO. The third-order valence-electron chi connectivity index (χ3n) is 2.77. The summed E-state index contributed by atoms with van der Waals surface area (Å²) in [5, 5.41) is 5.11. The number of nitrogens with one attached hydrogen (secondary N) is 1. The fourth-order valence-electron chi connectivity index (χ4n) is 1.88. The maximum absolute atomic E-state index is 6.23. The van der Waals surface area contributed by atoms with Crippen molar-refractivity contribution in [2.45, 2.75) is 26.5 Å². The standard InChI is InChI=1S/C16H16Cl3NO/c1-10(2)21-16-11(7-13(18)8-15(16)19)9-20-14-5-3-12(17)4-6-14/h3-8,10,20H,9H2,1-2H3. The summed E-state index contributed by atoms with van der Waals surface area (Å²) in [6.07, 6.45) is 0.0398. The molecular weight excluding hydrogens is 329 g/mol. The monoisotopic (exact) mass is 343 g/mol. The van der Waals surface area contributed by atoms with Gasteiger partial charge in [0.05, 0.1) is 11.1 Å². The van der Waals surface area contributed by atoms with Crippen molar-refractivity contribution in [3.63, 3.8) is 0 Å². The van der Waals surface area contributed by atoms with Gasteiger partial charge in [-0.2, -0.15) is 0 Å². The van der Waals surface area contributed by atoms with Gasteiger partial charge in [0.1, 0.15) is 5.75 Å². The summed E-state index contributed by atoms with van der Waals surface area (Å²) in [5.41, 5.74) is 1.88. The molecule has 0 aliphatic carbocycles. The first-order valence-electron chi connectivity index (χ1n) is 6.59. The van der Waals surface area contributed by atoms with Crippen LogP contribution in [-0.4, -0.2) is 6.10 Å². The van der Waals surface area contributed by atoms with Crippen molar-refractivity contribution in [3.05, 3.63) is 57.0 Å². The fraction of sp³-hybridized carbons (Fsp3) is 0.250. The van der Waals surface area contributed by atoms with Gasteiger partial charge in [0.25, 0.3) is 0 Å². The molecule has 0 heterocycles. The van der Waals surface area contributed by atoms with E-state index in [4.69, 9.17) is 39.5 Å². The van der Waals surface area contributed by atoms with Gasteiger partial charge in [-0.1, -0.05) is 34.8 Å². The van der Waals surface area contributed by atoms with E-state index in [1.54, 1.807) is 6.07 Å². The molecule has 2 nitrogen and oxygen atoms in total. The second kappa shape index (κ2) is 7.26. The summed E-state index contributed by atoms with van der Waals surface area (Å²) in [6, 6.07) is 11.0. The lowest BCUT2D eigenvalue weighted by Crippen LogP contribution is -2.10. The molecule has 0 aliphatic rings. The largest absolute Gasteiger partial charge is 0.489 e. The lowest BCUT2D eigenvalue weighted by atomic mass is 10.2. The van der Waals surface area contributed by atoms with Crippen molar-refractivity contribution in [2.75, 3.05) is 5.32 Å². The smallest absolute Gasteiger partial charge is 0.143 e. The van der Waals surface area contributed by atoms with Crippen LogP contribution in [0.25, 0.3) is 0 Å². The molecule has 112 valence electrons. The van der Waals surface area contributed by atoms with E-state index in [0.29, 0.717) is 27.4 Å². The van der Waals surface area contributed by atoms with Gasteiger partial charge >= 0.3 is 0 Å². The molecule has 0 saturated heterocycles. The Hall–Kier alpha value is -1.09. The first kappa shape index (κ1) is 16.3. The van der Waals surface area contributed by atoms with Crippen LogP contribution in [0.4, 0.5) is 5.69 Å². The van der Waals surface area contributed by atoms with Crippen molar-refractivity contribution in [3.8, 4) is 5.75 Å². The number of ether oxygens (including phenoxy) is 1. The Morgan fingerprint density at radius 2 is 1.67 bits per heavy atom. The normalized spacial score (nSPS) is 10.8. The SMILES string of the molecule is CC(C)Oc1c(Cl)cc(Cl)cc1CNc1ccc(Cl)cc1. The minimum Gasteiger partial charge on any atom is -0.489 e. The summed E-state index contributed by atoms with van der Waals surface area (Å²) in [5.74, 6) is 0.664. The van der Waals surface area contributed by atoms with E-state index < -0.39 is 0 Å². The van der Waals surface area contributed by atoms with Crippen molar-refractivity contribution in [1.82, 2.24) is 0 Å². The summed E-state index contributed by atoms with van der Waals surface area (Å²) in [4.78, 5) is 0. The topological polar surface area (TPSA) is 21.3 Å². The highest BCUT2D eigenvalue weighted by atomic mass is 35.5. The van der Waals surface area contributed by atoms with E-state index in [9.17, 15) is 0 Å². The lowest BCUT2D eigenvalue weighted by molar-refractivity contribution is 0.240. The second-order valence-corrected chi connectivity index (χ2v) is 6.18. The molecule has 5 heteroatoms. The Kier molecular flexibility index (Phi) is 5.63. The quantitative estimate of drug-likeness (QED) is 0.713. The van der Waals surface area contributed by atoms with E-state index in [1.807, 2.05) is 44.2 Å². The Labute approximate surface area is 140 Å². The van der Waals surface area contributed by atoms with Gasteiger partial charge < -0.3 is 10.1 Å². The van der Waals surface area contributed by atoms with Crippen molar-refractivity contribution in [1.29, 1.82) is 0 Å². The average Bonchev–Trinajstić information content (AvgIpc) is 2.41. The van der Waals surface area contributed by atoms with Gasteiger partial charge in [-0.3, -0.25) is 0 Å². The molecule has 21 heavy (non-hydrogen) atoms. The van der Waals surface area contributed by atoms with E-state index in [0.717, 1.165) is 11.3 Å². The maximum atomic E-state index is 6.23. The first-order valence-corrected chi connectivity index (χ1v) is 7.73. The van der Waals surface area contributed by atoms with Gasteiger partial charge in [-0.05, 0) is 50.2 Å². The highest BCUT2D eigenvalue weighted by Gasteiger charge is 2.12. The summed E-state index contributed by atoms with van der Waals surface area (Å²) >= 11 is 18.2. The highest BCUT2D eigenvalue weighted by Crippen LogP contribution is 2.33. The van der Waals surface area contributed by atoms with Gasteiger partial charge in [0.2, 0.25) is 0 Å². The molecule has 0 atom stereocenters. The van der Waals surface area contributed by atoms with Crippen LogP contribution in [0, 0.1) is 0 Å². The van der Waals surface area contributed by atoms with Crippen LogP contribution in [-0.2, 0) is 6.54 Å². The molecule has 0 unspecified atom stereocenters. The molecule has 0 bridgehead atoms. The Balaban J connectivity index is 2.19. The molecule has 0 amide bonds. The molecule has 0 saturated carbocycles. The predicted molar refractivity (Wildman–Crippen MR) is 91.0 cm³/mol. The van der Waals surface area contributed by atoms with Crippen LogP contribution in [0.2, 0.25) is 15.1 Å². The van der Waals surface area contributed by atoms with E-state index in [1.165, 1.54) is 0 Å². The first-order chi connectivity index (χ1) is 9.95. The highest BCUT2D eigenvalue weighted by molar-refractivity contribution is 6.35. The third-order valence-corrected chi connectivity index (χ3v) is 3.52.